The molecule has 3 aromatic rings. The van der Waals surface area contributed by atoms with Crippen molar-refractivity contribution in [3.05, 3.63) is 95.7 Å². The fourth-order valence-electron chi connectivity index (χ4n) is 2.91. The Bertz CT molecular complexity index is 1100. The molecule has 1 saturated heterocycles. The van der Waals surface area contributed by atoms with E-state index < -0.39 is 11.7 Å². The summed E-state index contributed by atoms with van der Waals surface area (Å²) in [6.45, 7) is 0.294. The number of nitrogens with zero attached hydrogens (tertiary/aromatic N) is 2. The van der Waals surface area contributed by atoms with Crippen LogP contribution in [0.25, 0.3) is 6.08 Å². The Kier molecular flexibility index (Phi) is 5.31. The van der Waals surface area contributed by atoms with E-state index in [0.717, 1.165) is 10.6 Å². The predicted molar refractivity (Wildman–Crippen MR) is 113 cm³/mol. The highest BCUT2D eigenvalue weighted by Crippen LogP contribution is 2.27. The molecule has 1 aliphatic rings. The number of anilines is 1. The van der Waals surface area contributed by atoms with Gasteiger partial charge in [-0.25, -0.2) is 9.29 Å². The lowest BCUT2D eigenvalue weighted by atomic mass is 10.1. The Morgan fingerprint density at radius 2 is 1.83 bits per heavy atom. The zero-order valence-electron chi connectivity index (χ0n) is 15.2. The Morgan fingerprint density at radius 3 is 2.62 bits per heavy atom. The van der Waals surface area contributed by atoms with Crippen LogP contribution in [0.15, 0.2) is 78.6 Å². The minimum Gasteiger partial charge on any atom is -0.487 e. The molecule has 1 aromatic heterocycles. The minimum absolute atomic E-state index is 0.109. The van der Waals surface area contributed by atoms with Gasteiger partial charge in [0.05, 0.1) is 11.4 Å². The summed E-state index contributed by atoms with van der Waals surface area (Å²) in [7, 11) is 0. The van der Waals surface area contributed by atoms with Crippen LogP contribution < -0.4 is 15.0 Å². The number of thiocarbonyl (C=S) groups is 1. The fraction of sp³-hybridized carbons (Fsp3) is 0.0455. The van der Waals surface area contributed by atoms with Gasteiger partial charge in [0.25, 0.3) is 5.91 Å². The summed E-state index contributed by atoms with van der Waals surface area (Å²) in [5.74, 6) is -0.361. The number of nitrogens with one attached hydrogen (secondary N) is 1. The first-order valence-electron chi connectivity index (χ1n) is 8.87. The third-order valence-corrected chi connectivity index (χ3v) is 4.58. The third kappa shape index (κ3) is 4.00. The first kappa shape index (κ1) is 18.8. The van der Waals surface area contributed by atoms with Crippen molar-refractivity contribution in [3.8, 4) is 5.75 Å². The number of hydrogen-bond donors (Lipinski definition) is 1. The molecule has 5 nitrogen and oxygen atoms in total. The van der Waals surface area contributed by atoms with Crippen LogP contribution in [0, 0.1) is 5.82 Å². The van der Waals surface area contributed by atoms with Crippen LogP contribution in [0.2, 0.25) is 0 Å². The lowest BCUT2D eigenvalue weighted by molar-refractivity contribution is -0.113. The molecule has 0 unspecified atom stereocenters. The monoisotopic (exact) mass is 405 g/mol. The highest BCUT2D eigenvalue weighted by molar-refractivity contribution is 7.80. The van der Waals surface area contributed by atoms with Crippen LogP contribution in [0.1, 0.15) is 11.3 Å². The van der Waals surface area contributed by atoms with Crippen molar-refractivity contribution in [2.24, 2.45) is 0 Å². The lowest BCUT2D eigenvalue weighted by Gasteiger charge is -2.14. The van der Waals surface area contributed by atoms with Crippen molar-refractivity contribution in [2.75, 3.05) is 4.90 Å². The Balaban J connectivity index is 1.59. The van der Waals surface area contributed by atoms with Crippen LogP contribution >= 0.6 is 12.2 Å². The zero-order chi connectivity index (χ0) is 20.2. The maximum atomic E-state index is 14.1. The Labute approximate surface area is 172 Å². The standard InChI is InChI=1S/C22H16FN3O2S/c23-17-9-2-3-10-19(17)26-21(27)18(25-22(26)29)13-15-7-1-4-11-20(15)28-14-16-8-5-6-12-24-16/h1-13H,14H2,(H,25,29). The molecule has 0 bridgehead atoms. The molecule has 0 atom stereocenters. The summed E-state index contributed by atoms with van der Waals surface area (Å²) in [4.78, 5) is 18.2. The van der Waals surface area contributed by atoms with Gasteiger partial charge in [-0.2, -0.15) is 0 Å². The Morgan fingerprint density at radius 1 is 1.07 bits per heavy atom. The molecule has 2 heterocycles. The van der Waals surface area contributed by atoms with Crippen molar-refractivity contribution in [1.29, 1.82) is 0 Å². The topological polar surface area (TPSA) is 54.5 Å². The van der Waals surface area contributed by atoms with Gasteiger partial charge in [0.15, 0.2) is 5.11 Å². The van der Waals surface area contributed by atoms with Crippen LogP contribution in [0.3, 0.4) is 0 Å². The third-order valence-electron chi connectivity index (χ3n) is 4.29. The van der Waals surface area contributed by atoms with Crippen molar-refractivity contribution in [2.45, 2.75) is 6.61 Å². The van der Waals surface area contributed by atoms with E-state index >= 15 is 0 Å². The summed E-state index contributed by atoms with van der Waals surface area (Å²) in [6.07, 6.45) is 3.34. The fourth-order valence-corrected chi connectivity index (χ4v) is 3.20. The first-order chi connectivity index (χ1) is 14.1. The number of para-hydroxylation sites is 2. The SMILES string of the molecule is O=C1C(=Cc2ccccc2OCc2ccccn2)NC(=S)N1c1ccccc1F. The van der Waals surface area contributed by atoms with E-state index in [9.17, 15) is 9.18 Å². The van der Waals surface area contributed by atoms with E-state index in [4.69, 9.17) is 17.0 Å². The molecular weight excluding hydrogens is 389 g/mol. The predicted octanol–water partition coefficient (Wildman–Crippen LogP) is 4.06. The molecule has 1 N–H and O–H groups in total. The van der Waals surface area contributed by atoms with Gasteiger partial charge < -0.3 is 10.1 Å². The van der Waals surface area contributed by atoms with Gasteiger partial charge in [-0.05, 0) is 48.6 Å². The van der Waals surface area contributed by atoms with Gasteiger partial charge in [-0.1, -0.05) is 36.4 Å². The average molecular weight is 405 g/mol. The number of amides is 1. The van der Waals surface area contributed by atoms with Crippen LogP contribution in [0.4, 0.5) is 10.1 Å². The van der Waals surface area contributed by atoms with E-state index in [1.165, 1.54) is 12.1 Å². The highest BCUT2D eigenvalue weighted by atomic mass is 32.1. The molecule has 7 heteroatoms. The number of pyridine rings is 1. The smallest absolute Gasteiger partial charge is 0.281 e. The number of carbonyl (C=O) groups excluding carboxylic acids is 1. The van der Waals surface area contributed by atoms with Crippen molar-refractivity contribution < 1.29 is 13.9 Å². The molecule has 0 spiro atoms. The van der Waals surface area contributed by atoms with Gasteiger partial charge in [-0.3, -0.25) is 9.78 Å². The number of aromatic nitrogens is 1. The maximum absolute atomic E-state index is 14.1. The van der Waals surface area contributed by atoms with E-state index in [2.05, 4.69) is 10.3 Å². The number of rotatable bonds is 5. The number of hydrogen-bond acceptors (Lipinski definition) is 4. The van der Waals surface area contributed by atoms with E-state index in [0.29, 0.717) is 17.9 Å². The lowest BCUT2D eigenvalue weighted by Crippen LogP contribution is -2.31. The van der Waals surface area contributed by atoms with Crippen molar-refractivity contribution >= 4 is 35.0 Å². The molecule has 1 aliphatic heterocycles. The molecule has 2 aromatic carbocycles. The van der Waals surface area contributed by atoms with Crippen LogP contribution in [-0.4, -0.2) is 16.0 Å². The van der Waals surface area contributed by atoms with Crippen molar-refractivity contribution in [3.63, 3.8) is 0 Å². The van der Waals surface area contributed by atoms with Gasteiger partial charge in [0.2, 0.25) is 0 Å². The second-order valence-corrected chi connectivity index (χ2v) is 6.61. The Hall–Kier alpha value is -3.58. The first-order valence-corrected chi connectivity index (χ1v) is 9.28. The molecule has 29 heavy (non-hydrogen) atoms. The molecule has 144 valence electrons. The largest absolute Gasteiger partial charge is 0.487 e. The number of ether oxygens (including phenoxy) is 1. The molecule has 4 rings (SSSR count). The molecule has 0 aliphatic carbocycles. The summed E-state index contributed by atoms with van der Waals surface area (Å²) < 4.78 is 20.0. The van der Waals surface area contributed by atoms with E-state index in [-0.39, 0.29) is 16.5 Å². The second-order valence-electron chi connectivity index (χ2n) is 6.23. The van der Waals surface area contributed by atoms with Gasteiger partial charge in [-0.15, -0.1) is 0 Å². The van der Waals surface area contributed by atoms with Gasteiger partial charge in [0.1, 0.15) is 23.9 Å². The molecule has 0 radical (unpaired) electrons. The van der Waals surface area contributed by atoms with E-state index in [1.807, 2.05) is 42.5 Å². The maximum Gasteiger partial charge on any atom is 0.281 e. The summed E-state index contributed by atoms with van der Waals surface area (Å²) in [5, 5.41) is 2.99. The second kappa shape index (κ2) is 8.20. The quantitative estimate of drug-likeness (QED) is 0.512. The van der Waals surface area contributed by atoms with E-state index in [1.54, 1.807) is 24.4 Å². The van der Waals surface area contributed by atoms with Crippen LogP contribution in [-0.2, 0) is 11.4 Å². The molecule has 0 saturated carbocycles. The summed E-state index contributed by atoms with van der Waals surface area (Å²) in [6, 6.07) is 18.9. The zero-order valence-corrected chi connectivity index (χ0v) is 16.0. The summed E-state index contributed by atoms with van der Waals surface area (Å²) in [5.41, 5.74) is 1.83. The van der Waals surface area contributed by atoms with Gasteiger partial charge in [0, 0.05) is 11.8 Å². The molecular formula is C22H16FN3O2S. The minimum atomic E-state index is -0.523. The highest BCUT2D eigenvalue weighted by Gasteiger charge is 2.33. The van der Waals surface area contributed by atoms with Crippen LogP contribution in [0.5, 0.6) is 5.75 Å². The number of benzene rings is 2. The summed E-state index contributed by atoms with van der Waals surface area (Å²) >= 11 is 5.25. The molecule has 1 fully saturated rings. The van der Waals surface area contributed by atoms with Crippen molar-refractivity contribution in [1.82, 2.24) is 10.3 Å². The average Bonchev–Trinajstić information content (AvgIpc) is 3.01. The van der Waals surface area contributed by atoms with Gasteiger partial charge >= 0.3 is 0 Å². The molecule has 1 amide bonds. The number of halogens is 1. The normalized spacial score (nSPS) is 14.9. The number of carbonyl (C=O) groups is 1.